The van der Waals surface area contributed by atoms with E-state index in [0.717, 1.165) is 12.8 Å². The molecule has 0 amide bonds. The Kier molecular flexibility index (Phi) is 3.78. The van der Waals surface area contributed by atoms with Crippen LogP contribution < -0.4 is 0 Å². The van der Waals surface area contributed by atoms with E-state index in [4.69, 9.17) is 0 Å². The molecular formula is C9H15F2NO. The summed E-state index contributed by atoms with van der Waals surface area (Å²) in [6.45, 7) is 2.56. The highest BCUT2D eigenvalue weighted by atomic mass is 19.3. The molecule has 0 aliphatic carbocycles. The molecule has 13 heavy (non-hydrogen) atoms. The number of nitrogens with zero attached hydrogens (tertiary/aromatic N) is 1. The average Bonchev–Trinajstić information content (AvgIpc) is 2.03. The Balaban J connectivity index is 2.37. The molecule has 1 rings (SSSR count). The molecule has 0 aromatic heterocycles. The van der Waals surface area contributed by atoms with Gasteiger partial charge < -0.3 is 0 Å². The maximum atomic E-state index is 12.0. The number of halogens is 2. The van der Waals surface area contributed by atoms with E-state index < -0.39 is 6.43 Å². The van der Waals surface area contributed by atoms with Crippen molar-refractivity contribution in [2.75, 3.05) is 19.6 Å². The quantitative estimate of drug-likeness (QED) is 0.674. The van der Waals surface area contributed by atoms with Gasteiger partial charge in [0.25, 0.3) is 6.43 Å². The number of hydrogen-bond acceptors (Lipinski definition) is 2. The van der Waals surface area contributed by atoms with Crippen LogP contribution in [0.15, 0.2) is 0 Å². The number of likely N-dealkylation sites (tertiary alicyclic amines) is 1. The van der Waals surface area contributed by atoms with Crippen LogP contribution in [0.4, 0.5) is 8.78 Å². The fraction of sp³-hybridized carbons (Fsp3) is 0.889. The van der Waals surface area contributed by atoms with Gasteiger partial charge in [0.1, 0.15) is 5.78 Å². The zero-order valence-corrected chi connectivity index (χ0v) is 7.80. The molecule has 0 bridgehead atoms. The van der Waals surface area contributed by atoms with Gasteiger partial charge in [0.05, 0.1) is 6.54 Å². The molecule has 0 aromatic carbocycles. The van der Waals surface area contributed by atoms with E-state index in [2.05, 4.69) is 0 Å². The van der Waals surface area contributed by atoms with Gasteiger partial charge in [-0.2, -0.15) is 0 Å². The van der Waals surface area contributed by atoms with Crippen LogP contribution in [0.25, 0.3) is 0 Å². The van der Waals surface area contributed by atoms with Crippen molar-refractivity contribution >= 4 is 5.78 Å². The SMILES string of the molecule is CC(=O)C1CCCN(CC(F)F)C1. The second kappa shape index (κ2) is 4.65. The lowest BCUT2D eigenvalue weighted by atomic mass is 9.95. The normalized spacial score (nSPS) is 25.1. The first-order valence-corrected chi connectivity index (χ1v) is 4.60. The predicted octanol–water partition coefficient (Wildman–Crippen LogP) is 1.55. The summed E-state index contributed by atoms with van der Waals surface area (Å²) in [7, 11) is 0. The van der Waals surface area contributed by atoms with Gasteiger partial charge in [-0.15, -0.1) is 0 Å². The second-order valence-electron chi connectivity index (χ2n) is 3.60. The number of ketones is 1. The zero-order chi connectivity index (χ0) is 9.84. The van der Waals surface area contributed by atoms with Gasteiger partial charge in [-0.25, -0.2) is 8.78 Å². The summed E-state index contributed by atoms with van der Waals surface area (Å²) in [5, 5.41) is 0. The van der Waals surface area contributed by atoms with E-state index in [1.165, 1.54) is 6.92 Å². The van der Waals surface area contributed by atoms with Crippen molar-refractivity contribution in [3.8, 4) is 0 Å². The molecule has 1 fully saturated rings. The number of Topliss-reactive ketones (excluding diaryl/α,β-unsaturated/α-hetero) is 1. The van der Waals surface area contributed by atoms with E-state index in [1.807, 2.05) is 0 Å². The summed E-state index contributed by atoms with van der Waals surface area (Å²) in [6, 6.07) is 0. The molecule has 1 saturated heterocycles. The van der Waals surface area contributed by atoms with Gasteiger partial charge in [0.2, 0.25) is 0 Å². The Morgan fingerprint density at radius 3 is 2.85 bits per heavy atom. The standard InChI is InChI=1S/C9H15F2NO/c1-7(13)8-3-2-4-12(5-8)6-9(10)11/h8-9H,2-6H2,1H3. The zero-order valence-electron chi connectivity index (χ0n) is 7.80. The topological polar surface area (TPSA) is 20.3 Å². The third kappa shape index (κ3) is 3.38. The van der Waals surface area contributed by atoms with Crippen molar-refractivity contribution in [3.63, 3.8) is 0 Å². The Morgan fingerprint density at radius 2 is 2.31 bits per heavy atom. The van der Waals surface area contributed by atoms with E-state index in [1.54, 1.807) is 4.90 Å². The van der Waals surface area contributed by atoms with Gasteiger partial charge in [0, 0.05) is 12.5 Å². The molecule has 0 N–H and O–H groups in total. The van der Waals surface area contributed by atoms with Gasteiger partial charge in [-0.1, -0.05) is 0 Å². The molecule has 1 aliphatic heterocycles. The molecule has 4 heteroatoms. The average molecular weight is 191 g/mol. The minimum Gasteiger partial charge on any atom is -0.300 e. The fourth-order valence-corrected chi connectivity index (χ4v) is 1.75. The molecular weight excluding hydrogens is 176 g/mol. The lowest BCUT2D eigenvalue weighted by Gasteiger charge is -2.30. The molecule has 0 aromatic rings. The van der Waals surface area contributed by atoms with Crippen LogP contribution >= 0.6 is 0 Å². The van der Waals surface area contributed by atoms with Crippen LogP contribution in [0.5, 0.6) is 0 Å². The Bertz CT molecular complexity index is 184. The molecule has 76 valence electrons. The molecule has 0 radical (unpaired) electrons. The van der Waals surface area contributed by atoms with E-state index in [9.17, 15) is 13.6 Å². The highest BCUT2D eigenvalue weighted by molar-refractivity contribution is 5.78. The van der Waals surface area contributed by atoms with Crippen molar-refractivity contribution in [1.29, 1.82) is 0 Å². The molecule has 0 saturated carbocycles. The first-order chi connectivity index (χ1) is 6.09. The van der Waals surface area contributed by atoms with Crippen molar-refractivity contribution in [2.45, 2.75) is 26.2 Å². The van der Waals surface area contributed by atoms with Crippen molar-refractivity contribution in [3.05, 3.63) is 0 Å². The fourth-order valence-electron chi connectivity index (χ4n) is 1.75. The van der Waals surface area contributed by atoms with Gasteiger partial charge in [-0.05, 0) is 26.3 Å². The molecule has 1 atom stereocenters. The number of piperidine rings is 1. The first kappa shape index (κ1) is 10.6. The molecule has 2 nitrogen and oxygen atoms in total. The number of rotatable bonds is 3. The van der Waals surface area contributed by atoms with E-state index >= 15 is 0 Å². The smallest absolute Gasteiger partial charge is 0.251 e. The van der Waals surface area contributed by atoms with Gasteiger partial charge in [0.15, 0.2) is 0 Å². The minimum absolute atomic E-state index is 0.0208. The lowest BCUT2D eigenvalue weighted by Crippen LogP contribution is -2.40. The van der Waals surface area contributed by atoms with Crippen molar-refractivity contribution < 1.29 is 13.6 Å². The minimum atomic E-state index is -2.29. The maximum absolute atomic E-state index is 12.0. The van der Waals surface area contributed by atoms with Crippen molar-refractivity contribution in [2.24, 2.45) is 5.92 Å². The largest absolute Gasteiger partial charge is 0.300 e. The van der Waals surface area contributed by atoms with E-state index in [-0.39, 0.29) is 18.2 Å². The Hall–Kier alpha value is -0.510. The summed E-state index contributed by atoms with van der Waals surface area (Å²) >= 11 is 0. The number of hydrogen-bond donors (Lipinski definition) is 0. The summed E-state index contributed by atoms with van der Waals surface area (Å²) in [6.07, 6.45) is -0.572. The molecule has 1 unspecified atom stereocenters. The molecule has 0 spiro atoms. The third-order valence-corrected chi connectivity index (χ3v) is 2.48. The number of carbonyl (C=O) groups excluding carboxylic acids is 1. The van der Waals surface area contributed by atoms with Crippen LogP contribution in [-0.2, 0) is 4.79 Å². The van der Waals surface area contributed by atoms with Crippen LogP contribution in [-0.4, -0.2) is 36.7 Å². The van der Waals surface area contributed by atoms with E-state index in [0.29, 0.717) is 13.1 Å². The van der Waals surface area contributed by atoms with Gasteiger partial charge >= 0.3 is 0 Å². The van der Waals surface area contributed by atoms with Crippen LogP contribution in [0.2, 0.25) is 0 Å². The summed E-state index contributed by atoms with van der Waals surface area (Å²) in [5.74, 6) is 0.103. The first-order valence-electron chi connectivity index (χ1n) is 4.60. The highest BCUT2D eigenvalue weighted by Gasteiger charge is 2.24. The lowest BCUT2D eigenvalue weighted by molar-refractivity contribution is -0.122. The second-order valence-corrected chi connectivity index (χ2v) is 3.60. The molecule has 1 aliphatic rings. The van der Waals surface area contributed by atoms with Crippen LogP contribution in [0.3, 0.4) is 0 Å². The molecule has 1 heterocycles. The van der Waals surface area contributed by atoms with Crippen molar-refractivity contribution in [1.82, 2.24) is 4.90 Å². The third-order valence-electron chi connectivity index (χ3n) is 2.48. The Labute approximate surface area is 76.9 Å². The number of alkyl halides is 2. The number of carbonyl (C=O) groups is 1. The predicted molar refractivity (Wildman–Crippen MR) is 45.8 cm³/mol. The summed E-state index contributed by atoms with van der Waals surface area (Å²) in [5.41, 5.74) is 0. The Morgan fingerprint density at radius 1 is 1.62 bits per heavy atom. The van der Waals surface area contributed by atoms with Crippen LogP contribution in [0.1, 0.15) is 19.8 Å². The van der Waals surface area contributed by atoms with Crippen LogP contribution in [0, 0.1) is 5.92 Å². The van der Waals surface area contributed by atoms with Gasteiger partial charge in [-0.3, -0.25) is 9.69 Å². The monoisotopic (exact) mass is 191 g/mol. The highest BCUT2D eigenvalue weighted by Crippen LogP contribution is 2.17. The summed E-state index contributed by atoms with van der Waals surface area (Å²) < 4.78 is 24.0. The summed E-state index contributed by atoms with van der Waals surface area (Å²) in [4.78, 5) is 12.7. The maximum Gasteiger partial charge on any atom is 0.251 e.